The molecule has 2 amide bonds. The van der Waals surface area contributed by atoms with E-state index < -0.39 is 11.5 Å². The van der Waals surface area contributed by atoms with Gasteiger partial charge in [-0.3, -0.25) is 4.90 Å². The van der Waals surface area contributed by atoms with Crippen molar-refractivity contribution in [3.63, 3.8) is 0 Å². The van der Waals surface area contributed by atoms with E-state index in [1.807, 2.05) is 31.2 Å². The van der Waals surface area contributed by atoms with Gasteiger partial charge in [0.25, 0.3) is 0 Å². The SMILES string of the molecule is Cc1cccc(N(C)C(=O)NC2(C(=O)O)CCCC2)c1. The molecule has 0 unspecified atom stereocenters. The monoisotopic (exact) mass is 276 g/mol. The summed E-state index contributed by atoms with van der Waals surface area (Å²) in [5.41, 5.74) is 0.701. The number of benzene rings is 1. The lowest BCUT2D eigenvalue weighted by molar-refractivity contribution is -0.144. The van der Waals surface area contributed by atoms with Crippen LogP contribution in [0.1, 0.15) is 31.2 Å². The van der Waals surface area contributed by atoms with Crippen LogP contribution < -0.4 is 10.2 Å². The van der Waals surface area contributed by atoms with Gasteiger partial charge in [0.05, 0.1) is 0 Å². The quantitative estimate of drug-likeness (QED) is 0.891. The van der Waals surface area contributed by atoms with E-state index in [4.69, 9.17) is 0 Å². The van der Waals surface area contributed by atoms with E-state index in [0.717, 1.165) is 24.1 Å². The zero-order valence-corrected chi connectivity index (χ0v) is 11.8. The van der Waals surface area contributed by atoms with Crippen LogP contribution in [0.25, 0.3) is 0 Å². The lowest BCUT2D eigenvalue weighted by Gasteiger charge is -2.28. The number of anilines is 1. The lowest BCUT2D eigenvalue weighted by Crippen LogP contribution is -2.55. The standard InChI is InChI=1S/C15H20N2O3/c1-11-6-5-7-12(10-11)17(2)14(20)16-15(13(18)19)8-3-4-9-15/h5-7,10H,3-4,8-9H2,1-2H3,(H,16,20)(H,18,19). The maximum Gasteiger partial charge on any atom is 0.329 e. The van der Waals surface area contributed by atoms with Gasteiger partial charge < -0.3 is 10.4 Å². The summed E-state index contributed by atoms with van der Waals surface area (Å²) in [5, 5.41) is 12.1. The van der Waals surface area contributed by atoms with Crippen LogP contribution in [0.15, 0.2) is 24.3 Å². The third kappa shape index (κ3) is 2.76. The normalized spacial score (nSPS) is 16.7. The maximum atomic E-state index is 12.3. The summed E-state index contributed by atoms with van der Waals surface area (Å²) in [6.45, 7) is 1.95. The van der Waals surface area contributed by atoms with Crippen LogP contribution in [-0.4, -0.2) is 29.7 Å². The number of carboxylic acids is 1. The third-order valence-electron chi connectivity index (χ3n) is 3.91. The van der Waals surface area contributed by atoms with Crippen molar-refractivity contribution in [2.45, 2.75) is 38.1 Å². The van der Waals surface area contributed by atoms with Gasteiger partial charge in [-0.2, -0.15) is 0 Å². The molecule has 0 aliphatic heterocycles. The summed E-state index contributed by atoms with van der Waals surface area (Å²) in [4.78, 5) is 25.2. The molecule has 1 fully saturated rings. The highest BCUT2D eigenvalue weighted by molar-refractivity contribution is 5.95. The fraction of sp³-hybridized carbons (Fsp3) is 0.467. The minimum absolute atomic E-state index is 0.375. The van der Waals surface area contributed by atoms with E-state index in [2.05, 4.69) is 5.32 Å². The molecule has 1 aliphatic rings. The number of urea groups is 1. The van der Waals surface area contributed by atoms with Crippen LogP contribution in [0.3, 0.4) is 0 Å². The van der Waals surface area contributed by atoms with Crippen molar-refractivity contribution in [2.24, 2.45) is 0 Å². The fourth-order valence-corrected chi connectivity index (χ4v) is 2.61. The molecule has 0 saturated heterocycles. The van der Waals surface area contributed by atoms with E-state index in [1.165, 1.54) is 4.90 Å². The predicted octanol–water partition coefficient (Wildman–Crippen LogP) is 2.54. The zero-order valence-electron chi connectivity index (χ0n) is 11.8. The Bertz CT molecular complexity index is 522. The van der Waals surface area contributed by atoms with Crippen LogP contribution in [0.2, 0.25) is 0 Å². The van der Waals surface area contributed by atoms with E-state index in [1.54, 1.807) is 7.05 Å². The van der Waals surface area contributed by atoms with Crippen molar-refractivity contribution in [3.05, 3.63) is 29.8 Å². The van der Waals surface area contributed by atoms with Gasteiger partial charge in [-0.15, -0.1) is 0 Å². The van der Waals surface area contributed by atoms with Gasteiger partial charge in [-0.05, 0) is 37.5 Å². The second kappa shape index (κ2) is 5.53. The first-order chi connectivity index (χ1) is 9.44. The molecule has 0 atom stereocenters. The number of hydrogen-bond donors (Lipinski definition) is 2. The zero-order chi connectivity index (χ0) is 14.8. The van der Waals surface area contributed by atoms with Gasteiger partial charge in [-0.25, -0.2) is 9.59 Å². The first-order valence-electron chi connectivity index (χ1n) is 6.80. The molecule has 1 aromatic rings. The number of nitrogens with one attached hydrogen (secondary N) is 1. The van der Waals surface area contributed by atoms with Gasteiger partial charge in [0.2, 0.25) is 0 Å². The number of aliphatic carboxylic acids is 1. The Morgan fingerprint density at radius 3 is 2.50 bits per heavy atom. The number of amides is 2. The van der Waals surface area contributed by atoms with Crippen molar-refractivity contribution in [2.75, 3.05) is 11.9 Å². The van der Waals surface area contributed by atoms with Crippen molar-refractivity contribution >= 4 is 17.7 Å². The Kier molecular flexibility index (Phi) is 3.97. The molecule has 5 nitrogen and oxygen atoms in total. The second-order valence-electron chi connectivity index (χ2n) is 5.42. The number of aryl methyl sites for hydroxylation is 1. The first-order valence-corrected chi connectivity index (χ1v) is 6.80. The Balaban J connectivity index is 2.13. The molecule has 0 heterocycles. The highest BCUT2D eigenvalue weighted by Crippen LogP contribution is 2.30. The van der Waals surface area contributed by atoms with Gasteiger partial charge in [0.1, 0.15) is 5.54 Å². The average molecular weight is 276 g/mol. The molecule has 5 heteroatoms. The van der Waals surface area contributed by atoms with Gasteiger partial charge in [0, 0.05) is 12.7 Å². The smallest absolute Gasteiger partial charge is 0.329 e. The molecule has 1 aromatic carbocycles. The Morgan fingerprint density at radius 2 is 1.95 bits per heavy atom. The summed E-state index contributed by atoms with van der Waals surface area (Å²) >= 11 is 0. The lowest BCUT2D eigenvalue weighted by atomic mass is 9.98. The van der Waals surface area contributed by atoms with E-state index in [9.17, 15) is 14.7 Å². The minimum atomic E-state index is -1.10. The highest BCUT2D eigenvalue weighted by Gasteiger charge is 2.43. The Morgan fingerprint density at radius 1 is 1.30 bits per heavy atom. The van der Waals surface area contributed by atoms with Crippen LogP contribution in [0, 0.1) is 6.92 Å². The van der Waals surface area contributed by atoms with Crippen molar-refractivity contribution < 1.29 is 14.7 Å². The minimum Gasteiger partial charge on any atom is -0.480 e. The molecular weight excluding hydrogens is 256 g/mol. The van der Waals surface area contributed by atoms with Gasteiger partial charge in [0.15, 0.2) is 0 Å². The molecule has 1 saturated carbocycles. The Labute approximate surface area is 118 Å². The molecule has 0 radical (unpaired) electrons. The van der Waals surface area contributed by atoms with Crippen LogP contribution >= 0.6 is 0 Å². The number of hydrogen-bond acceptors (Lipinski definition) is 2. The van der Waals surface area contributed by atoms with Crippen LogP contribution in [-0.2, 0) is 4.79 Å². The highest BCUT2D eigenvalue weighted by atomic mass is 16.4. The molecule has 2 rings (SSSR count). The number of carbonyl (C=O) groups is 2. The number of carboxylic acid groups (broad SMARTS) is 1. The molecule has 2 N–H and O–H groups in total. The second-order valence-corrected chi connectivity index (χ2v) is 5.42. The topological polar surface area (TPSA) is 69.6 Å². The fourth-order valence-electron chi connectivity index (χ4n) is 2.61. The summed E-state index contributed by atoms with van der Waals surface area (Å²) in [7, 11) is 1.65. The van der Waals surface area contributed by atoms with Crippen molar-refractivity contribution in [1.29, 1.82) is 0 Å². The molecule has 1 aliphatic carbocycles. The molecule has 0 aromatic heterocycles. The number of rotatable bonds is 3. The molecule has 20 heavy (non-hydrogen) atoms. The molecule has 0 spiro atoms. The van der Waals surface area contributed by atoms with E-state index in [-0.39, 0.29) is 6.03 Å². The molecule has 108 valence electrons. The summed E-state index contributed by atoms with van der Waals surface area (Å²) < 4.78 is 0. The number of carbonyl (C=O) groups excluding carboxylic acids is 1. The first kappa shape index (κ1) is 14.4. The van der Waals surface area contributed by atoms with Crippen LogP contribution in [0.5, 0.6) is 0 Å². The third-order valence-corrected chi connectivity index (χ3v) is 3.91. The average Bonchev–Trinajstić information content (AvgIpc) is 2.87. The molecular formula is C15H20N2O3. The van der Waals surface area contributed by atoms with Crippen LogP contribution in [0.4, 0.5) is 10.5 Å². The summed E-state index contributed by atoms with van der Waals surface area (Å²) in [5.74, 6) is -0.944. The molecule has 0 bridgehead atoms. The van der Waals surface area contributed by atoms with Gasteiger partial charge in [-0.1, -0.05) is 25.0 Å². The number of nitrogens with zero attached hydrogens (tertiary/aromatic N) is 1. The Hall–Kier alpha value is -2.04. The van der Waals surface area contributed by atoms with Crippen molar-refractivity contribution in [1.82, 2.24) is 5.32 Å². The van der Waals surface area contributed by atoms with Gasteiger partial charge >= 0.3 is 12.0 Å². The maximum absolute atomic E-state index is 12.3. The van der Waals surface area contributed by atoms with Crippen molar-refractivity contribution in [3.8, 4) is 0 Å². The van der Waals surface area contributed by atoms with E-state index >= 15 is 0 Å². The predicted molar refractivity (Wildman–Crippen MR) is 76.9 cm³/mol. The van der Waals surface area contributed by atoms with E-state index in [0.29, 0.717) is 12.8 Å². The summed E-state index contributed by atoms with van der Waals surface area (Å²) in [6.07, 6.45) is 2.66. The largest absolute Gasteiger partial charge is 0.480 e. The summed E-state index contributed by atoms with van der Waals surface area (Å²) in [6, 6.07) is 7.16.